The lowest BCUT2D eigenvalue weighted by atomic mass is 9.99. The normalized spacial score (nSPS) is 11.6. The second-order valence-electron chi connectivity index (χ2n) is 5.77. The first-order valence-corrected chi connectivity index (χ1v) is 9.13. The van der Waals surface area contributed by atoms with Crippen LogP contribution in [0.5, 0.6) is 0 Å². The van der Waals surface area contributed by atoms with Crippen molar-refractivity contribution in [3.05, 3.63) is 119 Å². The predicted octanol–water partition coefficient (Wildman–Crippen LogP) is 6.60. The molecule has 0 amide bonds. The molecule has 0 saturated carbocycles. The smallest absolute Gasteiger partial charge is 0.0801 e. The molecule has 0 fully saturated rings. The van der Waals surface area contributed by atoms with E-state index in [2.05, 4.69) is 89.2 Å². The Labute approximate surface area is 157 Å². The van der Waals surface area contributed by atoms with Crippen LogP contribution >= 0.6 is 15.9 Å². The van der Waals surface area contributed by atoms with Crippen molar-refractivity contribution in [2.24, 2.45) is 4.99 Å². The zero-order chi connectivity index (χ0) is 17.5. The van der Waals surface area contributed by atoms with Crippen LogP contribution in [-0.2, 0) is 0 Å². The average Bonchev–Trinajstić information content (AvgIpc) is 2.67. The van der Waals surface area contributed by atoms with Gasteiger partial charge in [-0.15, -0.1) is 6.58 Å². The number of hydrogen-bond acceptors (Lipinski definition) is 1. The Bertz CT molecular complexity index is 812. The minimum atomic E-state index is 0.0171. The maximum absolute atomic E-state index is 5.15. The molecule has 0 aromatic heterocycles. The molecule has 1 unspecified atom stereocenters. The lowest BCUT2D eigenvalue weighted by Crippen LogP contribution is -2.07. The monoisotopic (exact) mass is 389 g/mol. The molecule has 124 valence electrons. The van der Waals surface area contributed by atoms with Crippen LogP contribution in [0.15, 0.2) is 107 Å². The molecule has 1 atom stereocenters. The number of nitrogens with zero attached hydrogens (tertiary/aromatic N) is 1. The van der Waals surface area contributed by atoms with Crippen molar-refractivity contribution in [1.29, 1.82) is 0 Å². The number of benzene rings is 3. The van der Waals surface area contributed by atoms with Crippen LogP contribution in [0.25, 0.3) is 0 Å². The van der Waals surface area contributed by atoms with Gasteiger partial charge in [0, 0.05) is 15.6 Å². The van der Waals surface area contributed by atoms with Crippen molar-refractivity contribution in [2.75, 3.05) is 0 Å². The van der Waals surface area contributed by atoms with E-state index in [1.165, 1.54) is 5.56 Å². The van der Waals surface area contributed by atoms with Gasteiger partial charge in [0.1, 0.15) is 0 Å². The first-order valence-electron chi connectivity index (χ1n) is 8.33. The molecule has 0 saturated heterocycles. The van der Waals surface area contributed by atoms with Gasteiger partial charge in [-0.3, -0.25) is 4.99 Å². The maximum Gasteiger partial charge on any atom is 0.0801 e. The summed E-state index contributed by atoms with van der Waals surface area (Å²) in [4.78, 5) is 5.15. The van der Waals surface area contributed by atoms with E-state index >= 15 is 0 Å². The Morgan fingerprint density at radius 3 is 1.88 bits per heavy atom. The van der Waals surface area contributed by atoms with Crippen LogP contribution in [0, 0.1) is 0 Å². The predicted molar refractivity (Wildman–Crippen MR) is 110 cm³/mol. The van der Waals surface area contributed by atoms with Crippen molar-refractivity contribution in [1.82, 2.24) is 0 Å². The summed E-state index contributed by atoms with van der Waals surface area (Å²) in [5.74, 6) is 0. The molecule has 0 N–H and O–H groups in total. The molecule has 3 rings (SSSR count). The van der Waals surface area contributed by atoms with Gasteiger partial charge in [0.15, 0.2) is 0 Å². The third kappa shape index (κ3) is 4.34. The molecule has 25 heavy (non-hydrogen) atoms. The van der Waals surface area contributed by atoms with Crippen LogP contribution < -0.4 is 0 Å². The Kier molecular flexibility index (Phi) is 5.97. The highest BCUT2D eigenvalue weighted by molar-refractivity contribution is 9.10. The number of hydrogen-bond donors (Lipinski definition) is 0. The molecule has 0 bridgehead atoms. The van der Waals surface area contributed by atoms with E-state index in [0.717, 1.165) is 27.7 Å². The van der Waals surface area contributed by atoms with E-state index in [0.29, 0.717) is 0 Å². The molecule has 0 radical (unpaired) electrons. The first kappa shape index (κ1) is 17.4. The number of halogens is 1. The highest BCUT2D eigenvalue weighted by Crippen LogP contribution is 2.30. The van der Waals surface area contributed by atoms with Gasteiger partial charge in [-0.2, -0.15) is 0 Å². The van der Waals surface area contributed by atoms with Gasteiger partial charge in [-0.25, -0.2) is 0 Å². The third-order valence-corrected chi connectivity index (χ3v) is 4.76. The highest BCUT2D eigenvalue weighted by Gasteiger charge is 2.15. The van der Waals surface area contributed by atoms with Gasteiger partial charge in [-0.1, -0.05) is 101 Å². The molecule has 3 aromatic rings. The van der Waals surface area contributed by atoms with Crippen LogP contribution in [-0.4, -0.2) is 5.71 Å². The number of aliphatic imine (C=N–C) groups is 1. The Morgan fingerprint density at radius 1 is 0.840 bits per heavy atom. The number of rotatable bonds is 6. The van der Waals surface area contributed by atoms with Gasteiger partial charge in [0.2, 0.25) is 0 Å². The lowest BCUT2D eigenvalue weighted by Gasteiger charge is -2.16. The molecule has 0 aliphatic heterocycles. The quantitative estimate of drug-likeness (QED) is 0.332. The summed E-state index contributed by atoms with van der Waals surface area (Å²) in [7, 11) is 0. The van der Waals surface area contributed by atoms with Crippen LogP contribution in [0.1, 0.15) is 29.2 Å². The van der Waals surface area contributed by atoms with Crippen molar-refractivity contribution in [2.45, 2.75) is 12.5 Å². The van der Waals surface area contributed by atoms with Crippen LogP contribution in [0.4, 0.5) is 0 Å². The molecular weight excluding hydrogens is 370 g/mol. The van der Waals surface area contributed by atoms with Gasteiger partial charge in [0.05, 0.1) is 11.8 Å². The Hall–Kier alpha value is -2.45. The molecule has 2 heteroatoms. The molecule has 0 aliphatic carbocycles. The van der Waals surface area contributed by atoms with E-state index in [-0.39, 0.29) is 6.04 Å². The largest absolute Gasteiger partial charge is 0.276 e. The SMILES string of the molecule is C=CCC(N=C(c1ccccc1)c1ccccc1)c1ccccc1Br. The summed E-state index contributed by atoms with van der Waals surface area (Å²) in [5, 5.41) is 0. The van der Waals surface area contributed by atoms with E-state index in [1.54, 1.807) is 0 Å². The molecular formula is C23H20BrN. The van der Waals surface area contributed by atoms with E-state index in [9.17, 15) is 0 Å². The highest BCUT2D eigenvalue weighted by atomic mass is 79.9. The second-order valence-corrected chi connectivity index (χ2v) is 6.63. The lowest BCUT2D eigenvalue weighted by molar-refractivity contribution is 0.741. The Balaban J connectivity index is 2.13. The van der Waals surface area contributed by atoms with Crippen molar-refractivity contribution in [3.8, 4) is 0 Å². The van der Waals surface area contributed by atoms with Gasteiger partial charge < -0.3 is 0 Å². The van der Waals surface area contributed by atoms with Crippen molar-refractivity contribution in [3.63, 3.8) is 0 Å². The first-order chi connectivity index (χ1) is 12.3. The van der Waals surface area contributed by atoms with Crippen molar-refractivity contribution < 1.29 is 0 Å². The zero-order valence-corrected chi connectivity index (χ0v) is 15.6. The summed E-state index contributed by atoms with van der Waals surface area (Å²) in [6.45, 7) is 3.92. The fourth-order valence-electron chi connectivity index (χ4n) is 2.82. The maximum atomic E-state index is 5.15. The summed E-state index contributed by atoms with van der Waals surface area (Å²) < 4.78 is 1.08. The van der Waals surface area contributed by atoms with Crippen LogP contribution in [0.2, 0.25) is 0 Å². The molecule has 0 aliphatic rings. The second kappa shape index (κ2) is 8.59. The fourth-order valence-corrected chi connectivity index (χ4v) is 3.37. The van der Waals surface area contributed by atoms with E-state index in [4.69, 9.17) is 4.99 Å². The standard InChI is InChI=1S/C23H20BrN/c1-2-11-22(20-16-9-10-17-21(20)24)25-23(18-12-5-3-6-13-18)19-14-7-4-8-15-19/h2-10,12-17,22H,1,11H2. The Morgan fingerprint density at radius 2 is 1.36 bits per heavy atom. The molecule has 0 heterocycles. The molecule has 3 aromatic carbocycles. The molecule has 1 nitrogen and oxygen atoms in total. The van der Waals surface area contributed by atoms with E-state index < -0.39 is 0 Å². The van der Waals surface area contributed by atoms with Gasteiger partial charge in [-0.05, 0) is 18.1 Å². The fraction of sp³-hybridized carbons (Fsp3) is 0.0870. The van der Waals surface area contributed by atoms with E-state index in [1.807, 2.05) is 24.3 Å². The summed E-state index contributed by atoms with van der Waals surface area (Å²) >= 11 is 3.67. The van der Waals surface area contributed by atoms with Gasteiger partial charge >= 0.3 is 0 Å². The van der Waals surface area contributed by atoms with Crippen LogP contribution in [0.3, 0.4) is 0 Å². The minimum Gasteiger partial charge on any atom is -0.276 e. The third-order valence-electron chi connectivity index (χ3n) is 4.03. The molecule has 0 spiro atoms. The summed E-state index contributed by atoms with van der Waals surface area (Å²) in [6, 6.07) is 29.0. The van der Waals surface area contributed by atoms with Crippen molar-refractivity contribution >= 4 is 21.6 Å². The van der Waals surface area contributed by atoms with Gasteiger partial charge in [0.25, 0.3) is 0 Å². The summed E-state index contributed by atoms with van der Waals surface area (Å²) in [5.41, 5.74) is 4.42. The summed E-state index contributed by atoms with van der Waals surface area (Å²) in [6.07, 6.45) is 2.72. The minimum absolute atomic E-state index is 0.0171. The topological polar surface area (TPSA) is 12.4 Å². The zero-order valence-electron chi connectivity index (χ0n) is 14.0. The average molecular weight is 390 g/mol.